The Morgan fingerprint density at radius 1 is 1.08 bits per heavy atom. The highest BCUT2D eigenvalue weighted by atomic mass is 16.5. The smallest absolute Gasteiger partial charge is 0.313 e. The summed E-state index contributed by atoms with van der Waals surface area (Å²) in [5, 5.41) is 3.01. The van der Waals surface area contributed by atoms with Gasteiger partial charge in [-0.1, -0.05) is 50.3 Å². The van der Waals surface area contributed by atoms with E-state index in [-0.39, 0.29) is 30.4 Å². The summed E-state index contributed by atoms with van der Waals surface area (Å²) >= 11 is 0. The van der Waals surface area contributed by atoms with Crippen LogP contribution in [0.4, 0.5) is 0 Å². The van der Waals surface area contributed by atoms with E-state index in [1.54, 1.807) is 0 Å². The molecule has 25 heavy (non-hydrogen) atoms. The number of para-hydroxylation sites is 1. The maximum Gasteiger partial charge on any atom is 0.313 e. The summed E-state index contributed by atoms with van der Waals surface area (Å²) in [6.07, 6.45) is 8.73. The Morgan fingerprint density at radius 3 is 2.60 bits per heavy atom. The standard InChI is InChI=1S/C20H27NO4/c22-19(21-17-9-4-2-1-3-5-10-17)14-25-20(23)16-12-15-8-6-7-11-18(15)24-13-16/h6-8,11,16-17H,1-5,9-10,12-14H2,(H,21,22)/t16-/m1/s1. The molecular weight excluding hydrogens is 318 g/mol. The molecule has 1 saturated carbocycles. The van der Waals surface area contributed by atoms with Gasteiger partial charge in [0.2, 0.25) is 0 Å². The maximum atomic E-state index is 12.2. The molecule has 1 aromatic rings. The van der Waals surface area contributed by atoms with Crippen LogP contribution in [0.1, 0.15) is 50.5 Å². The molecule has 0 bridgehead atoms. The molecule has 1 aliphatic carbocycles. The molecule has 1 aromatic carbocycles. The molecule has 1 aliphatic heterocycles. The molecule has 1 fully saturated rings. The normalized spacial score (nSPS) is 21.2. The van der Waals surface area contributed by atoms with Crippen LogP contribution in [0.5, 0.6) is 5.75 Å². The lowest BCUT2D eigenvalue weighted by atomic mass is 9.96. The van der Waals surface area contributed by atoms with Crippen molar-refractivity contribution in [1.29, 1.82) is 0 Å². The van der Waals surface area contributed by atoms with Gasteiger partial charge in [-0.05, 0) is 30.9 Å². The van der Waals surface area contributed by atoms with Crippen LogP contribution >= 0.6 is 0 Å². The number of hydrogen-bond donors (Lipinski definition) is 1. The summed E-state index contributed by atoms with van der Waals surface area (Å²) in [7, 11) is 0. The zero-order valence-corrected chi connectivity index (χ0v) is 14.7. The molecule has 0 saturated heterocycles. The average molecular weight is 345 g/mol. The number of ether oxygens (including phenoxy) is 2. The molecule has 0 radical (unpaired) electrons. The zero-order valence-electron chi connectivity index (χ0n) is 14.7. The number of benzene rings is 1. The van der Waals surface area contributed by atoms with E-state index in [4.69, 9.17) is 9.47 Å². The van der Waals surface area contributed by atoms with Gasteiger partial charge in [0.05, 0.1) is 5.92 Å². The Hall–Kier alpha value is -2.04. The van der Waals surface area contributed by atoms with Crippen LogP contribution in [-0.2, 0) is 20.7 Å². The van der Waals surface area contributed by atoms with E-state index >= 15 is 0 Å². The van der Waals surface area contributed by atoms with Crippen LogP contribution in [-0.4, -0.2) is 31.1 Å². The number of fused-ring (bicyclic) bond motifs is 1. The molecule has 1 amide bonds. The number of rotatable bonds is 4. The van der Waals surface area contributed by atoms with Gasteiger partial charge in [-0.25, -0.2) is 0 Å². The Bertz CT molecular complexity index is 593. The summed E-state index contributed by atoms with van der Waals surface area (Å²) in [5.41, 5.74) is 1.01. The van der Waals surface area contributed by atoms with Crippen LogP contribution in [0.2, 0.25) is 0 Å². The first kappa shape index (κ1) is 17.8. The summed E-state index contributed by atoms with van der Waals surface area (Å²) in [6.45, 7) is 0.105. The summed E-state index contributed by atoms with van der Waals surface area (Å²) in [5.74, 6) is -0.0731. The number of amides is 1. The fraction of sp³-hybridized carbons (Fsp3) is 0.600. The SMILES string of the molecule is O=C(COC(=O)[C@H]1COc2ccccc2C1)NC1CCCCCCC1. The maximum absolute atomic E-state index is 12.2. The Kier molecular flexibility index (Phi) is 6.31. The Morgan fingerprint density at radius 2 is 1.80 bits per heavy atom. The summed E-state index contributed by atoms with van der Waals surface area (Å²) in [6, 6.07) is 7.92. The van der Waals surface area contributed by atoms with Crippen molar-refractivity contribution in [3.8, 4) is 5.75 Å². The molecule has 0 aromatic heterocycles. The Labute approximate surface area is 149 Å². The second-order valence-corrected chi connectivity index (χ2v) is 7.04. The molecule has 1 N–H and O–H groups in total. The number of carbonyl (C=O) groups is 2. The second-order valence-electron chi connectivity index (χ2n) is 7.04. The highest BCUT2D eigenvalue weighted by Gasteiger charge is 2.27. The monoisotopic (exact) mass is 345 g/mol. The van der Waals surface area contributed by atoms with Gasteiger partial charge in [-0.15, -0.1) is 0 Å². The molecule has 3 rings (SSSR count). The van der Waals surface area contributed by atoms with Crippen LogP contribution in [0.25, 0.3) is 0 Å². The van der Waals surface area contributed by atoms with Crippen molar-refractivity contribution in [3.05, 3.63) is 29.8 Å². The number of carbonyl (C=O) groups excluding carboxylic acids is 2. The summed E-state index contributed by atoms with van der Waals surface area (Å²) in [4.78, 5) is 24.3. The van der Waals surface area contributed by atoms with E-state index in [1.807, 2.05) is 24.3 Å². The van der Waals surface area contributed by atoms with Gasteiger partial charge >= 0.3 is 5.97 Å². The van der Waals surface area contributed by atoms with E-state index in [1.165, 1.54) is 19.3 Å². The van der Waals surface area contributed by atoms with Crippen molar-refractivity contribution in [2.24, 2.45) is 5.92 Å². The van der Waals surface area contributed by atoms with E-state index in [0.29, 0.717) is 13.0 Å². The minimum absolute atomic E-state index is 0.198. The lowest BCUT2D eigenvalue weighted by Crippen LogP contribution is -2.39. The molecule has 5 nitrogen and oxygen atoms in total. The Balaban J connectivity index is 1.42. The summed E-state index contributed by atoms with van der Waals surface area (Å²) < 4.78 is 10.8. The van der Waals surface area contributed by atoms with Gasteiger partial charge in [0.15, 0.2) is 6.61 Å². The molecule has 0 spiro atoms. The third kappa shape index (κ3) is 5.21. The third-order valence-corrected chi connectivity index (χ3v) is 5.03. The van der Waals surface area contributed by atoms with Gasteiger partial charge in [-0.3, -0.25) is 9.59 Å². The van der Waals surface area contributed by atoms with Crippen molar-refractivity contribution in [1.82, 2.24) is 5.32 Å². The fourth-order valence-electron chi connectivity index (χ4n) is 3.60. The highest BCUT2D eigenvalue weighted by molar-refractivity contribution is 5.81. The predicted octanol–water partition coefficient (Wildman–Crippen LogP) is 3.01. The van der Waals surface area contributed by atoms with Gasteiger partial charge in [0.1, 0.15) is 12.4 Å². The van der Waals surface area contributed by atoms with Crippen LogP contribution < -0.4 is 10.1 Å². The van der Waals surface area contributed by atoms with Crippen molar-refractivity contribution < 1.29 is 19.1 Å². The fourth-order valence-corrected chi connectivity index (χ4v) is 3.60. The van der Waals surface area contributed by atoms with Crippen LogP contribution in [0, 0.1) is 5.92 Å². The quantitative estimate of drug-likeness (QED) is 0.852. The van der Waals surface area contributed by atoms with Crippen molar-refractivity contribution in [2.45, 2.75) is 57.4 Å². The largest absolute Gasteiger partial charge is 0.492 e. The molecule has 0 unspecified atom stereocenters. The highest BCUT2D eigenvalue weighted by Crippen LogP contribution is 2.27. The first-order valence-corrected chi connectivity index (χ1v) is 9.39. The van der Waals surface area contributed by atoms with Gasteiger partial charge < -0.3 is 14.8 Å². The minimum atomic E-state index is -0.359. The number of hydrogen-bond acceptors (Lipinski definition) is 4. The van der Waals surface area contributed by atoms with Crippen molar-refractivity contribution in [2.75, 3.05) is 13.2 Å². The first-order valence-electron chi connectivity index (χ1n) is 9.39. The molecular formula is C20H27NO4. The van der Waals surface area contributed by atoms with Crippen LogP contribution in [0.15, 0.2) is 24.3 Å². The molecule has 1 atom stereocenters. The van der Waals surface area contributed by atoms with E-state index in [0.717, 1.165) is 37.0 Å². The van der Waals surface area contributed by atoms with Crippen LogP contribution in [0.3, 0.4) is 0 Å². The van der Waals surface area contributed by atoms with E-state index in [2.05, 4.69) is 5.32 Å². The minimum Gasteiger partial charge on any atom is -0.492 e. The first-order chi connectivity index (χ1) is 12.2. The number of esters is 1. The topological polar surface area (TPSA) is 64.6 Å². The van der Waals surface area contributed by atoms with Crippen molar-refractivity contribution >= 4 is 11.9 Å². The third-order valence-electron chi connectivity index (χ3n) is 5.03. The zero-order chi connectivity index (χ0) is 17.5. The van der Waals surface area contributed by atoms with Gasteiger partial charge in [0.25, 0.3) is 5.91 Å². The molecule has 2 aliphatic rings. The molecule has 1 heterocycles. The molecule has 5 heteroatoms. The van der Waals surface area contributed by atoms with Gasteiger partial charge in [-0.2, -0.15) is 0 Å². The van der Waals surface area contributed by atoms with E-state index in [9.17, 15) is 9.59 Å². The lowest BCUT2D eigenvalue weighted by Gasteiger charge is -2.24. The van der Waals surface area contributed by atoms with Crippen molar-refractivity contribution in [3.63, 3.8) is 0 Å². The predicted molar refractivity (Wildman–Crippen MR) is 94.3 cm³/mol. The number of nitrogens with one attached hydrogen (secondary N) is 1. The lowest BCUT2D eigenvalue weighted by molar-refractivity contribution is -0.154. The van der Waals surface area contributed by atoms with E-state index < -0.39 is 0 Å². The average Bonchev–Trinajstić information content (AvgIpc) is 2.61. The molecule has 136 valence electrons. The van der Waals surface area contributed by atoms with Gasteiger partial charge in [0, 0.05) is 6.04 Å². The second kappa shape index (κ2) is 8.88.